The van der Waals surface area contributed by atoms with E-state index in [4.69, 9.17) is 33.2 Å². The third kappa shape index (κ3) is 4.08. The fourth-order valence-corrected chi connectivity index (χ4v) is 4.96. The number of benzene rings is 2. The molecular weight excluding hydrogens is 464 g/mol. The summed E-state index contributed by atoms with van der Waals surface area (Å²) < 4.78 is 41.0. The van der Waals surface area contributed by atoms with Crippen molar-refractivity contribution >= 4 is 5.97 Å². The van der Waals surface area contributed by atoms with Crippen LogP contribution in [-0.4, -0.2) is 41.2 Å². The molecule has 0 fully saturated rings. The van der Waals surface area contributed by atoms with Crippen molar-refractivity contribution in [2.24, 2.45) is 11.8 Å². The van der Waals surface area contributed by atoms with Crippen LogP contribution in [0.2, 0.25) is 0 Å². The largest absolute Gasteiger partial charge is 0.493 e. The van der Waals surface area contributed by atoms with Gasteiger partial charge in [-0.2, -0.15) is 0 Å². The van der Waals surface area contributed by atoms with Crippen LogP contribution in [0, 0.1) is 11.8 Å². The second-order valence-electron chi connectivity index (χ2n) is 9.13. The molecule has 0 saturated heterocycles. The minimum atomic E-state index is -0.577. The van der Waals surface area contributed by atoms with Crippen molar-refractivity contribution < 1.29 is 38.0 Å². The Morgan fingerprint density at radius 1 is 0.944 bits per heavy atom. The van der Waals surface area contributed by atoms with Gasteiger partial charge in [0.2, 0.25) is 18.3 Å². The van der Waals surface area contributed by atoms with Gasteiger partial charge in [-0.15, -0.1) is 0 Å². The quantitative estimate of drug-likeness (QED) is 0.382. The van der Waals surface area contributed by atoms with Gasteiger partial charge in [-0.25, -0.2) is 4.79 Å². The van der Waals surface area contributed by atoms with Gasteiger partial charge >= 0.3 is 5.97 Å². The Kier molecular flexibility index (Phi) is 7.24. The van der Waals surface area contributed by atoms with Crippen LogP contribution in [0.1, 0.15) is 44.9 Å². The van der Waals surface area contributed by atoms with Gasteiger partial charge in [-0.3, -0.25) is 0 Å². The molecule has 8 heteroatoms. The highest BCUT2D eigenvalue weighted by molar-refractivity contribution is 5.90. The Hall–Kier alpha value is -3.55. The van der Waals surface area contributed by atoms with Crippen LogP contribution < -0.4 is 28.4 Å². The Morgan fingerprint density at radius 3 is 2.25 bits per heavy atom. The second kappa shape index (κ2) is 10.2. The zero-order valence-corrected chi connectivity index (χ0v) is 22.1. The van der Waals surface area contributed by atoms with Crippen LogP contribution in [0.5, 0.6) is 34.5 Å². The number of rotatable bonds is 6. The summed E-state index contributed by atoms with van der Waals surface area (Å²) in [6, 6.07) is 3.86. The standard InChI is InChI=1S/C28H34O8/c1-9-14(2)28(29)36-23-16(4)15(3)10-17-11-19(30-5)24(31-6)26(32-7)21(17)22-18(23)12-20-25(27(22)33-8)35-13-34-20/h9,11-12,15-16,23H,10,13H2,1-8H3/b14-9+/t15-,16-,23+/m0/s1. The van der Waals surface area contributed by atoms with E-state index < -0.39 is 6.10 Å². The van der Waals surface area contributed by atoms with E-state index in [1.54, 1.807) is 41.4 Å². The fourth-order valence-electron chi connectivity index (χ4n) is 4.96. The number of methoxy groups -OCH3 is 4. The first-order valence-corrected chi connectivity index (χ1v) is 12.0. The van der Waals surface area contributed by atoms with Gasteiger partial charge in [0.1, 0.15) is 6.10 Å². The van der Waals surface area contributed by atoms with Gasteiger partial charge in [0.25, 0.3) is 0 Å². The summed E-state index contributed by atoms with van der Waals surface area (Å²) in [6.07, 6.45) is 1.85. The smallest absolute Gasteiger partial charge is 0.333 e. The first-order chi connectivity index (χ1) is 17.3. The average Bonchev–Trinajstić information content (AvgIpc) is 3.36. The molecule has 0 amide bonds. The van der Waals surface area contributed by atoms with E-state index in [0.717, 1.165) is 16.7 Å². The lowest BCUT2D eigenvalue weighted by molar-refractivity contribution is -0.148. The Bertz CT molecular complexity index is 1200. The summed E-state index contributed by atoms with van der Waals surface area (Å²) in [6.45, 7) is 7.87. The number of ether oxygens (including phenoxy) is 7. The molecule has 1 heterocycles. The third-order valence-corrected chi connectivity index (χ3v) is 7.23. The van der Waals surface area contributed by atoms with Crippen LogP contribution in [-0.2, 0) is 16.0 Å². The summed E-state index contributed by atoms with van der Waals surface area (Å²) in [5.74, 6) is 2.79. The zero-order chi connectivity index (χ0) is 26.1. The lowest BCUT2D eigenvalue weighted by atomic mass is 9.75. The van der Waals surface area contributed by atoms with Crippen LogP contribution in [0.4, 0.5) is 0 Å². The number of carbonyl (C=O) groups is 1. The molecule has 2 aromatic carbocycles. The lowest BCUT2D eigenvalue weighted by Crippen LogP contribution is -2.27. The second-order valence-corrected chi connectivity index (χ2v) is 9.13. The third-order valence-electron chi connectivity index (χ3n) is 7.23. The van der Waals surface area contributed by atoms with Crippen molar-refractivity contribution in [2.45, 2.75) is 40.2 Å². The first kappa shape index (κ1) is 25.5. The first-order valence-electron chi connectivity index (χ1n) is 12.0. The molecular formula is C28H34O8. The maximum atomic E-state index is 13.0. The summed E-state index contributed by atoms with van der Waals surface area (Å²) in [4.78, 5) is 13.0. The summed E-state index contributed by atoms with van der Waals surface area (Å²) >= 11 is 0. The topological polar surface area (TPSA) is 81.7 Å². The van der Waals surface area contributed by atoms with E-state index >= 15 is 0 Å². The van der Waals surface area contributed by atoms with Gasteiger partial charge in [0.05, 0.1) is 28.4 Å². The minimum absolute atomic E-state index is 0.0327. The van der Waals surface area contributed by atoms with Crippen LogP contribution in [0.25, 0.3) is 11.1 Å². The Labute approximate surface area is 212 Å². The van der Waals surface area contributed by atoms with E-state index in [1.165, 1.54) is 0 Å². The van der Waals surface area contributed by atoms with Gasteiger partial charge < -0.3 is 33.2 Å². The van der Waals surface area contributed by atoms with Crippen molar-refractivity contribution in [1.82, 2.24) is 0 Å². The number of esters is 1. The molecule has 194 valence electrons. The molecule has 36 heavy (non-hydrogen) atoms. The molecule has 2 aliphatic rings. The Balaban J connectivity index is 2.12. The molecule has 3 atom stereocenters. The number of hydrogen-bond donors (Lipinski definition) is 0. The van der Waals surface area contributed by atoms with Crippen LogP contribution in [0.3, 0.4) is 0 Å². The molecule has 0 bridgehead atoms. The van der Waals surface area contributed by atoms with Crippen LogP contribution in [0.15, 0.2) is 23.8 Å². The summed E-state index contributed by atoms with van der Waals surface area (Å²) in [5, 5.41) is 0. The number of carbonyl (C=O) groups excluding carboxylic acids is 1. The Morgan fingerprint density at radius 2 is 1.64 bits per heavy atom. The highest BCUT2D eigenvalue weighted by Crippen LogP contribution is 2.58. The fraction of sp³-hybridized carbons (Fsp3) is 0.464. The molecule has 1 aliphatic carbocycles. The van der Waals surface area contributed by atoms with E-state index in [-0.39, 0.29) is 24.6 Å². The molecule has 0 N–H and O–H groups in total. The number of hydrogen-bond acceptors (Lipinski definition) is 8. The van der Waals surface area contributed by atoms with Crippen molar-refractivity contribution in [3.63, 3.8) is 0 Å². The summed E-state index contributed by atoms with van der Waals surface area (Å²) in [7, 11) is 6.35. The average molecular weight is 499 g/mol. The van der Waals surface area contributed by atoms with Gasteiger partial charge in [-0.05, 0) is 43.9 Å². The van der Waals surface area contributed by atoms with Gasteiger partial charge in [-0.1, -0.05) is 19.9 Å². The maximum Gasteiger partial charge on any atom is 0.333 e. The normalized spacial score (nSPS) is 20.4. The molecule has 0 aromatic heterocycles. The molecule has 0 spiro atoms. The molecule has 0 radical (unpaired) electrons. The molecule has 4 rings (SSSR count). The monoisotopic (exact) mass is 498 g/mol. The van der Waals surface area contributed by atoms with Crippen molar-refractivity contribution in [1.29, 1.82) is 0 Å². The predicted molar refractivity (Wildman–Crippen MR) is 135 cm³/mol. The maximum absolute atomic E-state index is 13.0. The number of fused-ring (bicyclic) bond motifs is 4. The van der Waals surface area contributed by atoms with Crippen molar-refractivity contribution in [3.05, 3.63) is 34.9 Å². The van der Waals surface area contributed by atoms with E-state index in [1.807, 2.05) is 19.1 Å². The molecule has 1 aliphatic heterocycles. The minimum Gasteiger partial charge on any atom is -0.493 e. The van der Waals surface area contributed by atoms with E-state index in [9.17, 15) is 4.79 Å². The van der Waals surface area contributed by atoms with Gasteiger partial charge in [0.15, 0.2) is 23.0 Å². The molecule has 8 nitrogen and oxygen atoms in total. The summed E-state index contributed by atoms with van der Waals surface area (Å²) in [5.41, 5.74) is 3.78. The highest BCUT2D eigenvalue weighted by Gasteiger charge is 2.40. The van der Waals surface area contributed by atoms with Gasteiger partial charge in [0, 0.05) is 28.2 Å². The zero-order valence-electron chi connectivity index (χ0n) is 22.1. The number of allylic oxidation sites excluding steroid dienone is 1. The molecule has 0 unspecified atom stereocenters. The lowest BCUT2D eigenvalue weighted by Gasteiger charge is -2.35. The van der Waals surface area contributed by atoms with Crippen molar-refractivity contribution in [2.75, 3.05) is 35.2 Å². The molecule has 2 aromatic rings. The highest BCUT2D eigenvalue weighted by atomic mass is 16.7. The SMILES string of the molecule is C/C=C(\C)C(=O)O[C@H]1c2cc3c(c(OC)c2-c2c(cc(OC)c(OC)c2OC)C[C@H](C)[C@@H]1C)OCO3. The van der Waals surface area contributed by atoms with E-state index in [2.05, 4.69) is 13.8 Å². The van der Waals surface area contributed by atoms with E-state index in [0.29, 0.717) is 52.1 Å². The van der Waals surface area contributed by atoms with Crippen LogP contribution >= 0.6 is 0 Å². The predicted octanol–water partition coefficient (Wildman–Crippen LogP) is 5.50. The van der Waals surface area contributed by atoms with Crippen molar-refractivity contribution in [3.8, 4) is 45.6 Å². The molecule has 0 saturated carbocycles.